The van der Waals surface area contributed by atoms with Crippen molar-refractivity contribution in [2.45, 2.75) is 32.9 Å². The quantitative estimate of drug-likeness (QED) is 0.585. The fourth-order valence-electron chi connectivity index (χ4n) is 1.49. The first-order valence-electron chi connectivity index (χ1n) is 5.52. The molecule has 0 radical (unpaired) electrons. The largest absolute Gasteiger partial charge is 0.433 e. The van der Waals surface area contributed by atoms with E-state index >= 15 is 0 Å². The molecule has 0 aliphatic rings. The zero-order chi connectivity index (χ0) is 12.9. The third-order valence-corrected chi connectivity index (χ3v) is 2.21. The Morgan fingerprint density at radius 1 is 1.53 bits per heavy atom. The highest BCUT2D eigenvalue weighted by Crippen LogP contribution is 2.15. The van der Waals surface area contributed by atoms with Crippen LogP contribution in [0.2, 0.25) is 0 Å². The van der Waals surface area contributed by atoms with Crippen LogP contribution in [0.25, 0.3) is 0 Å². The van der Waals surface area contributed by atoms with Crippen molar-refractivity contribution in [1.82, 2.24) is 5.32 Å². The zero-order valence-corrected chi connectivity index (χ0v) is 10.4. The second kappa shape index (κ2) is 5.79. The standard InChI is InChI=1S/C11H18N2O4/c1-4-16-11(2,3)8-12-7-9-5-6-10(17-9)13(14)15/h5-6,12H,4,7-8H2,1-3H3. The maximum absolute atomic E-state index is 10.4. The summed E-state index contributed by atoms with van der Waals surface area (Å²) < 4.78 is 10.5. The summed E-state index contributed by atoms with van der Waals surface area (Å²) in [5.74, 6) is 0.315. The van der Waals surface area contributed by atoms with Crippen LogP contribution in [-0.4, -0.2) is 23.7 Å². The van der Waals surface area contributed by atoms with Crippen LogP contribution in [0.3, 0.4) is 0 Å². The van der Waals surface area contributed by atoms with Crippen LogP contribution >= 0.6 is 0 Å². The first-order chi connectivity index (χ1) is 7.94. The van der Waals surface area contributed by atoms with E-state index in [0.29, 0.717) is 25.5 Å². The number of nitrogens with one attached hydrogen (secondary N) is 1. The van der Waals surface area contributed by atoms with E-state index in [1.54, 1.807) is 6.07 Å². The molecule has 1 aromatic rings. The van der Waals surface area contributed by atoms with E-state index in [1.807, 2.05) is 20.8 Å². The molecule has 0 bridgehead atoms. The van der Waals surface area contributed by atoms with Gasteiger partial charge in [0.2, 0.25) is 0 Å². The molecule has 0 saturated heterocycles. The van der Waals surface area contributed by atoms with Crippen molar-refractivity contribution in [2.24, 2.45) is 0 Å². The van der Waals surface area contributed by atoms with Gasteiger partial charge in [-0.05, 0) is 26.8 Å². The van der Waals surface area contributed by atoms with E-state index < -0.39 is 4.92 Å². The third kappa shape index (κ3) is 4.54. The molecule has 1 rings (SSSR count). The van der Waals surface area contributed by atoms with Crippen molar-refractivity contribution in [3.63, 3.8) is 0 Å². The van der Waals surface area contributed by atoms with E-state index in [1.165, 1.54) is 6.07 Å². The SMILES string of the molecule is CCOC(C)(C)CNCc1ccc([N+](=O)[O-])o1. The number of hydrogen-bond acceptors (Lipinski definition) is 5. The molecule has 17 heavy (non-hydrogen) atoms. The monoisotopic (exact) mass is 242 g/mol. The first-order valence-corrected chi connectivity index (χ1v) is 5.52. The van der Waals surface area contributed by atoms with Gasteiger partial charge in [-0.3, -0.25) is 10.1 Å². The van der Waals surface area contributed by atoms with Gasteiger partial charge < -0.3 is 14.5 Å². The van der Waals surface area contributed by atoms with Crippen molar-refractivity contribution in [3.8, 4) is 0 Å². The van der Waals surface area contributed by atoms with Gasteiger partial charge in [0.25, 0.3) is 0 Å². The van der Waals surface area contributed by atoms with Gasteiger partial charge in [-0.2, -0.15) is 0 Å². The van der Waals surface area contributed by atoms with Crippen LogP contribution in [-0.2, 0) is 11.3 Å². The van der Waals surface area contributed by atoms with Gasteiger partial charge in [0.15, 0.2) is 0 Å². The summed E-state index contributed by atoms with van der Waals surface area (Å²) in [7, 11) is 0. The number of nitrogens with zero attached hydrogens (tertiary/aromatic N) is 1. The lowest BCUT2D eigenvalue weighted by molar-refractivity contribution is -0.402. The predicted octanol–water partition coefficient (Wildman–Crippen LogP) is 2.09. The maximum Gasteiger partial charge on any atom is 0.433 e. The summed E-state index contributed by atoms with van der Waals surface area (Å²) in [6.07, 6.45) is 0. The number of hydrogen-bond donors (Lipinski definition) is 1. The van der Waals surface area contributed by atoms with E-state index in [2.05, 4.69) is 5.32 Å². The molecule has 0 spiro atoms. The molecule has 0 atom stereocenters. The molecule has 0 amide bonds. The van der Waals surface area contributed by atoms with Crippen molar-refractivity contribution in [3.05, 3.63) is 28.0 Å². The second-order valence-corrected chi connectivity index (χ2v) is 4.29. The van der Waals surface area contributed by atoms with Gasteiger partial charge in [-0.25, -0.2) is 0 Å². The van der Waals surface area contributed by atoms with Crippen molar-refractivity contribution in [1.29, 1.82) is 0 Å². The number of ether oxygens (including phenoxy) is 1. The minimum absolute atomic E-state index is 0.231. The summed E-state index contributed by atoms with van der Waals surface area (Å²) in [5, 5.41) is 13.5. The molecule has 1 aromatic heterocycles. The zero-order valence-electron chi connectivity index (χ0n) is 10.4. The molecule has 0 aromatic carbocycles. The van der Waals surface area contributed by atoms with E-state index in [-0.39, 0.29) is 11.5 Å². The summed E-state index contributed by atoms with van der Waals surface area (Å²) in [5.41, 5.74) is -0.257. The van der Waals surface area contributed by atoms with Gasteiger partial charge in [0.1, 0.15) is 10.7 Å². The van der Waals surface area contributed by atoms with Crippen LogP contribution in [0.15, 0.2) is 16.5 Å². The summed E-state index contributed by atoms with van der Waals surface area (Å²) in [4.78, 5) is 9.86. The van der Waals surface area contributed by atoms with E-state index in [9.17, 15) is 10.1 Å². The number of nitro groups is 1. The highest BCUT2D eigenvalue weighted by atomic mass is 16.6. The Balaban J connectivity index is 2.38. The Morgan fingerprint density at radius 2 is 2.24 bits per heavy atom. The fraction of sp³-hybridized carbons (Fsp3) is 0.636. The minimum Gasteiger partial charge on any atom is -0.404 e. The average Bonchev–Trinajstić information content (AvgIpc) is 2.66. The Morgan fingerprint density at radius 3 is 2.76 bits per heavy atom. The molecule has 0 aliphatic carbocycles. The molecule has 1 N–H and O–H groups in total. The minimum atomic E-state index is -0.548. The highest BCUT2D eigenvalue weighted by molar-refractivity contribution is 5.17. The Kier molecular flexibility index (Phi) is 4.65. The summed E-state index contributed by atoms with van der Waals surface area (Å²) in [6.45, 7) is 7.65. The molecule has 96 valence electrons. The lowest BCUT2D eigenvalue weighted by Gasteiger charge is -2.24. The van der Waals surface area contributed by atoms with Crippen LogP contribution < -0.4 is 5.32 Å². The van der Waals surface area contributed by atoms with Gasteiger partial charge in [-0.15, -0.1) is 0 Å². The molecule has 0 unspecified atom stereocenters. The Hall–Kier alpha value is -1.40. The maximum atomic E-state index is 10.4. The van der Waals surface area contributed by atoms with Gasteiger partial charge in [0.05, 0.1) is 18.2 Å². The summed E-state index contributed by atoms with van der Waals surface area (Å²) >= 11 is 0. The second-order valence-electron chi connectivity index (χ2n) is 4.29. The van der Waals surface area contributed by atoms with Crippen molar-refractivity contribution >= 4 is 5.88 Å². The molecular weight excluding hydrogens is 224 g/mol. The molecule has 0 fully saturated rings. The van der Waals surface area contributed by atoms with E-state index in [0.717, 1.165) is 0 Å². The first kappa shape index (κ1) is 13.7. The lowest BCUT2D eigenvalue weighted by Crippen LogP contribution is -2.37. The molecule has 1 heterocycles. The van der Waals surface area contributed by atoms with Gasteiger partial charge >= 0.3 is 5.88 Å². The summed E-state index contributed by atoms with van der Waals surface area (Å²) in [6, 6.07) is 2.95. The number of rotatable bonds is 7. The van der Waals surface area contributed by atoms with Crippen molar-refractivity contribution < 1.29 is 14.1 Å². The fourth-order valence-corrected chi connectivity index (χ4v) is 1.49. The normalized spacial score (nSPS) is 11.7. The predicted molar refractivity (Wildman–Crippen MR) is 62.8 cm³/mol. The highest BCUT2D eigenvalue weighted by Gasteiger charge is 2.17. The molecule has 0 aliphatic heterocycles. The average molecular weight is 242 g/mol. The smallest absolute Gasteiger partial charge is 0.404 e. The van der Waals surface area contributed by atoms with Crippen LogP contribution in [0.5, 0.6) is 0 Å². The topological polar surface area (TPSA) is 77.5 Å². The van der Waals surface area contributed by atoms with Gasteiger partial charge in [0, 0.05) is 13.2 Å². The van der Waals surface area contributed by atoms with Crippen molar-refractivity contribution in [2.75, 3.05) is 13.2 Å². The van der Waals surface area contributed by atoms with E-state index in [4.69, 9.17) is 9.15 Å². The van der Waals surface area contributed by atoms with Crippen LogP contribution in [0, 0.1) is 10.1 Å². The Labute approximate surface area is 100 Å². The van der Waals surface area contributed by atoms with Crippen LogP contribution in [0.1, 0.15) is 26.5 Å². The molecule has 6 nitrogen and oxygen atoms in total. The molecule has 0 saturated carbocycles. The number of furan rings is 1. The van der Waals surface area contributed by atoms with Gasteiger partial charge in [-0.1, -0.05) is 0 Å². The molecule has 6 heteroatoms. The Bertz CT molecular complexity index is 373. The lowest BCUT2D eigenvalue weighted by atomic mass is 10.1. The third-order valence-electron chi connectivity index (χ3n) is 2.21. The van der Waals surface area contributed by atoms with Crippen LogP contribution in [0.4, 0.5) is 5.88 Å². The molecular formula is C11H18N2O4.